The summed E-state index contributed by atoms with van der Waals surface area (Å²) in [6, 6.07) is 31.6. The minimum atomic E-state index is 1.05. The summed E-state index contributed by atoms with van der Waals surface area (Å²) in [5, 5.41) is 8.15. The van der Waals surface area contributed by atoms with Gasteiger partial charge in [-0.15, -0.1) is 0 Å². The number of nitrogens with zero attached hydrogens (tertiary/aromatic N) is 1. The van der Waals surface area contributed by atoms with E-state index >= 15 is 0 Å². The van der Waals surface area contributed by atoms with Crippen LogP contribution < -0.4 is 0 Å². The maximum Gasteiger partial charge on any atom is 0.0619 e. The molecule has 0 aliphatic heterocycles. The smallest absolute Gasteiger partial charge is 0.0619 e. The highest BCUT2D eigenvalue weighted by atomic mass is 15.0. The molecule has 0 atom stereocenters. The molecule has 6 aromatic rings. The van der Waals surface area contributed by atoms with E-state index in [1.165, 1.54) is 71.3 Å². The van der Waals surface area contributed by atoms with Gasteiger partial charge in [-0.2, -0.15) is 0 Å². The molecular formula is C34H25N. The molecule has 1 nitrogen and oxygen atoms in total. The first-order chi connectivity index (χ1) is 17.4. The van der Waals surface area contributed by atoms with Crippen molar-refractivity contribution in [2.75, 3.05) is 0 Å². The maximum absolute atomic E-state index is 2.61. The van der Waals surface area contributed by atoms with Crippen molar-refractivity contribution < 1.29 is 0 Å². The number of aromatic nitrogens is 1. The fraction of sp³-hybridized carbons (Fsp3) is 0.118. The summed E-state index contributed by atoms with van der Waals surface area (Å²) >= 11 is 0. The van der Waals surface area contributed by atoms with Crippen LogP contribution in [0.1, 0.15) is 35.1 Å². The van der Waals surface area contributed by atoms with E-state index in [1.54, 1.807) is 0 Å². The summed E-state index contributed by atoms with van der Waals surface area (Å²) in [6.07, 6.45) is 11.5. The lowest BCUT2D eigenvalue weighted by Crippen LogP contribution is -2.06. The minimum Gasteiger partial charge on any atom is -0.312 e. The first-order valence-electron chi connectivity index (χ1n) is 12.7. The average Bonchev–Trinajstić information content (AvgIpc) is 3.26. The van der Waals surface area contributed by atoms with Crippen LogP contribution in [0.4, 0.5) is 0 Å². The number of benzene rings is 5. The van der Waals surface area contributed by atoms with Crippen LogP contribution in [0, 0.1) is 0 Å². The first-order valence-corrected chi connectivity index (χ1v) is 12.7. The molecule has 8 rings (SSSR count). The van der Waals surface area contributed by atoms with Crippen LogP contribution >= 0.6 is 0 Å². The lowest BCUT2D eigenvalue weighted by atomic mass is 9.88. The SMILES string of the molecule is C1=Cc2c(c3ccccc3c3c4cc5ccccc5cc4n(C4=Cc5ccccc5CC4)c23)CC1. The van der Waals surface area contributed by atoms with E-state index in [0.717, 1.165) is 25.7 Å². The monoisotopic (exact) mass is 447 g/mol. The lowest BCUT2D eigenvalue weighted by Gasteiger charge is -2.22. The van der Waals surface area contributed by atoms with Gasteiger partial charge in [0.15, 0.2) is 0 Å². The van der Waals surface area contributed by atoms with E-state index in [-0.39, 0.29) is 0 Å². The summed E-state index contributed by atoms with van der Waals surface area (Å²) in [6.45, 7) is 0. The molecule has 5 aromatic carbocycles. The van der Waals surface area contributed by atoms with Crippen LogP contribution in [0.3, 0.4) is 0 Å². The third-order valence-corrected chi connectivity index (χ3v) is 8.10. The second kappa shape index (κ2) is 7.20. The second-order valence-electron chi connectivity index (χ2n) is 9.99. The number of rotatable bonds is 1. The molecule has 0 unspecified atom stereocenters. The third kappa shape index (κ3) is 2.70. The molecular weight excluding hydrogens is 422 g/mol. The van der Waals surface area contributed by atoms with Gasteiger partial charge in [-0.1, -0.05) is 84.9 Å². The Morgan fingerprint density at radius 2 is 1.43 bits per heavy atom. The highest BCUT2D eigenvalue weighted by Gasteiger charge is 2.24. The molecule has 2 aliphatic carbocycles. The molecule has 0 saturated carbocycles. The average molecular weight is 448 g/mol. The summed E-state index contributed by atoms with van der Waals surface area (Å²) in [5.74, 6) is 0. The Morgan fingerprint density at radius 3 is 2.34 bits per heavy atom. The molecule has 1 heterocycles. The van der Waals surface area contributed by atoms with Crippen molar-refractivity contribution in [1.29, 1.82) is 0 Å². The van der Waals surface area contributed by atoms with Crippen molar-refractivity contribution >= 4 is 61.2 Å². The van der Waals surface area contributed by atoms with E-state index in [9.17, 15) is 0 Å². The van der Waals surface area contributed by atoms with Crippen molar-refractivity contribution in [3.63, 3.8) is 0 Å². The zero-order valence-electron chi connectivity index (χ0n) is 19.6. The van der Waals surface area contributed by atoms with Crippen LogP contribution in [0.5, 0.6) is 0 Å². The molecule has 0 fully saturated rings. The van der Waals surface area contributed by atoms with E-state index in [2.05, 4.69) is 108 Å². The van der Waals surface area contributed by atoms with Gasteiger partial charge in [0.05, 0.1) is 11.0 Å². The Kier molecular flexibility index (Phi) is 3.96. The normalized spacial score (nSPS) is 15.0. The molecule has 2 aliphatic rings. The van der Waals surface area contributed by atoms with Crippen molar-refractivity contribution in [1.82, 2.24) is 4.57 Å². The summed E-state index contributed by atoms with van der Waals surface area (Å²) in [7, 11) is 0. The van der Waals surface area contributed by atoms with Crippen molar-refractivity contribution in [2.24, 2.45) is 0 Å². The van der Waals surface area contributed by atoms with Gasteiger partial charge in [0, 0.05) is 22.0 Å². The van der Waals surface area contributed by atoms with Gasteiger partial charge < -0.3 is 4.57 Å². The summed E-state index contributed by atoms with van der Waals surface area (Å²) in [4.78, 5) is 0. The third-order valence-electron chi connectivity index (χ3n) is 8.10. The quantitative estimate of drug-likeness (QED) is 0.237. The van der Waals surface area contributed by atoms with Gasteiger partial charge in [0.1, 0.15) is 0 Å². The van der Waals surface area contributed by atoms with Gasteiger partial charge in [0.2, 0.25) is 0 Å². The van der Waals surface area contributed by atoms with Crippen LogP contribution in [-0.2, 0) is 12.8 Å². The Morgan fingerprint density at radius 1 is 0.657 bits per heavy atom. The minimum absolute atomic E-state index is 1.05. The fourth-order valence-electron chi connectivity index (χ4n) is 6.52. The Balaban J connectivity index is 1.62. The van der Waals surface area contributed by atoms with E-state index in [1.807, 2.05) is 0 Å². The predicted octanol–water partition coefficient (Wildman–Crippen LogP) is 9.00. The number of aryl methyl sites for hydroxylation is 2. The molecule has 0 radical (unpaired) electrons. The molecule has 0 saturated heterocycles. The molecule has 166 valence electrons. The highest BCUT2D eigenvalue weighted by Crippen LogP contribution is 2.45. The molecule has 0 bridgehead atoms. The zero-order chi connectivity index (χ0) is 22.9. The molecule has 1 aromatic heterocycles. The van der Waals surface area contributed by atoms with Crippen LogP contribution in [-0.4, -0.2) is 4.57 Å². The van der Waals surface area contributed by atoms with Crippen molar-refractivity contribution in [3.05, 3.63) is 113 Å². The molecule has 1 heteroatoms. The molecule has 0 N–H and O–H groups in total. The van der Waals surface area contributed by atoms with Gasteiger partial charge in [-0.05, 0) is 82.1 Å². The Hall–Kier alpha value is -4.10. The predicted molar refractivity (Wildman–Crippen MR) is 151 cm³/mol. The Labute approximate surface area is 204 Å². The summed E-state index contributed by atoms with van der Waals surface area (Å²) in [5.41, 5.74) is 9.82. The van der Waals surface area contributed by atoms with Crippen molar-refractivity contribution in [3.8, 4) is 0 Å². The summed E-state index contributed by atoms with van der Waals surface area (Å²) < 4.78 is 2.61. The van der Waals surface area contributed by atoms with Crippen LogP contribution in [0.15, 0.2) is 91.0 Å². The van der Waals surface area contributed by atoms with E-state index < -0.39 is 0 Å². The standard InChI is InChI=1S/C34H25N/c1-2-10-23-19-26(18-17-22(23)9-1)35-32-21-25-12-4-3-11-24(25)20-31(32)33-29-15-7-5-13-27(29)28-14-6-8-16-30(28)34(33)35/h1-5,7-13,15-16,19-21H,6,14,17-18H2. The van der Waals surface area contributed by atoms with Crippen LogP contribution in [0.2, 0.25) is 0 Å². The van der Waals surface area contributed by atoms with Gasteiger partial charge in [-0.3, -0.25) is 0 Å². The number of fused-ring (bicyclic) bond motifs is 10. The van der Waals surface area contributed by atoms with Gasteiger partial charge >= 0.3 is 0 Å². The molecule has 0 spiro atoms. The van der Waals surface area contributed by atoms with E-state index in [4.69, 9.17) is 0 Å². The van der Waals surface area contributed by atoms with Crippen molar-refractivity contribution in [2.45, 2.75) is 25.7 Å². The maximum atomic E-state index is 2.61. The molecule has 0 amide bonds. The van der Waals surface area contributed by atoms with E-state index in [0.29, 0.717) is 0 Å². The Bertz CT molecular complexity index is 1890. The van der Waals surface area contributed by atoms with Gasteiger partial charge in [-0.25, -0.2) is 0 Å². The lowest BCUT2D eigenvalue weighted by molar-refractivity contribution is 0.944. The van der Waals surface area contributed by atoms with Crippen LogP contribution in [0.25, 0.3) is 61.2 Å². The fourth-order valence-corrected chi connectivity index (χ4v) is 6.52. The highest BCUT2D eigenvalue weighted by molar-refractivity contribution is 6.26. The number of allylic oxidation sites excluding steroid dienone is 2. The zero-order valence-corrected chi connectivity index (χ0v) is 19.6. The largest absolute Gasteiger partial charge is 0.312 e. The second-order valence-corrected chi connectivity index (χ2v) is 9.99. The number of hydrogen-bond acceptors (Lipinski definition) is 0. The molecule has 35 heavy (non-hydrogen) atoms. The topological polar surface area (TPSA) is 4.93 Å². The van der Waals surface area contributed by atoms with Gasteiger partial charge in [0.25, 0.3) is 0 Å². The first kappa shape index (κ1) is 19.2. The number of hydrogen-bond donors (Lipinski definition) is 0.